The first-order chi connectivity index (χ1) is 13.3. The van der Waals surface area contributed by atoms with Crippen molar-refractivity contribution in [3.63, 3.8) is 0 Å². The van der Waals surface area contributed by atoms with Crippen molar-refractivity contribution in [2.24, 2.45) is 0 Å². The van der Waals surface area contributed by atoms with Gasteiger partial charge in [0, 0.05) is 29.2 Å². The normalized spacial score (nSPS) is 14.9. The number of rotatable bonds is 6. The first kappa shape index (κ1) is 19.9. The molecule has 0 radical (unpaired) electrons. The van der Waals surface area contributed by atoms with Crippen LogP contribution in [0.5, 0.6) is 0 Å². The predicted octanol–water partition coefficient (Wildman–Crippen LogP) is 4.64. The summed E-state index contributed by atoms with van der Waals surface area (Å²) >= 11 is 0. The van der Waals surface area contributed by atoms with E-state index in [-0.39, 0.29) is 5.91 Å². The van der Waals surface area contributed by atoms with E-state index in [0.717, 1.165) is 28.1 Å². The van der Waals surface area contributed by atoms with E-state index in [4.69, 9.17) is 4.74 Å². The fraction of sp³-hybridized carbons (Fsp3) is 0.391. The number of amides is 1. The minimum absolute atomic E-state index is 0.342. The number of nitrogens with zero attached hydrogens (tertiary/aromatic N) is 1. The molecule has 148 valence electrons. The SMILES string of the molecule is Cc1cccc(C)c1NC(=O)[C@H](C)OC(=O)/C=C/c1cc(C)n(C2CC2)c1C. The maximum absolute atomic E-state index is 12.4. The molecule has 1 atom stereocenters. The molecule has 1 saturated carbocycles. The third-order valence-corrected chi connectivity index (χ3v) is 5.23. The molecule has 2 aromatic rings. The Morgan fingerprint density at radius 1 is 1.18 bits per heavy atom. The van der Waals surface area contributed by atoms with Gasteiger partial charge in [0.1, 0.15) is 0 Å². The van der Waals surface area contributed by atoms with Gasteiger partial charge in [-0.2, -0.15) is 0 Å². The Bertz CT molecular complexity index is 915. The summed E-state index contributed by atoms with van der Waals surface area (Å²) in [5.74, 6) is -0.869. The summed E-state index contributed by atoms with van der Waals surface area (Å²) in [5, 5.41) is 2.85. The Labute approximate surface area is 166 Å². The van der Waals surface area contributed by atoms with Crippen molar-refractivity contribution in [2.45, 2.75) is 59.6 Å². The van der Waals surface area contributed by atoms with Gasteiger partial charge in [0.05, 0.1) is 0 Å². The Morgan fingerprint density at radius 2 is 1.82 bits per heavy atom. The van der Waals surface area contributed by atoms with Crippen LogP contribution in [0.4, 0.5) is 5.69 Å². The molecule has 0 saturated heterocycles. The molecular formula is C23H28N2O3. The topological polar surface area (TPSA) is 60.3 Å². The number of aromatic nitrogens is 1. The monoisotopic (exact) mass is 380 g/mol. The second-order valence-electron chi connectivity index (χ2n) is 7.60. The molecule has 1 aliphatic carbocycles. The van der Waals surface area contributed by atoms with E-state index >= 15 is 0 Å². The fourth-order valence-corrected chi connectivity index (χ4v) is 3.53. The van der Waals surface area contributed by atoms with Crippen LogP contribution in [0, 0.1) is 27.7 Å². The molecule has 1 heterocycles. The number of hydrogen-bond donors (Lipinski definition) is 1. The lowest BCUT2D eigenvalue weighted by atomic mass is 10.1. The van der Waals surface area contributed by atoms with Crippen molar-refractivity contribution in [1.82, 2.24) is 4.57 Å². The molecule has 5 heteroatoms. The molecule has 0 aliphatic heterocycles. The summed E-state index contributed by atoms with van der Waals surface area (Å²) in [5.41, 5.74) is 6.07. The highest BCUT2D eigenvalue weighted by atomic mass is 16.5. The van der Waals surface area contributed by atoms with Gasteiger partial charge in [0.2, 0.25) is 0 Å². The first-order valence-electron chi connectivity index (χ1n) is 9.72. The van der Waals surface area contributed by atoms with E-state index in [1.54, 1.807) is 13.0 Å². The minimum Gasteiger partial charge on any atom is -0.449 e. The van der Waals surface area contributed by atoms with Crippen molar-refractivity contribution < 1.29 is 14.3 Å². The number of carbonyl (C=O) groups excluding carboxylic acids is 2. The summed E-state index contributed by atoms with van der Waals surface area (Å²) in [6.45, 7) is 9.59. The van der Waals surface area contributed by atoms with Crippen molar-refractivity contribution in [2.75, 3.05) is 5.32 Å². The van der Waals surface area contributed by atoms with Crippen LogP contribution in [-0.4, -0.2) is 22.5 Å². The average molecular weight is 380 g/mol. The first-order valence-corrected chi connectivity index (χ1v) is 9.72. The van der Waals surface area contributed by atoms with Gasteiger partial charge >= 0.3 is 5.97 Å². The Morgan fingerprint density at radius 3 is 2.43 bits per heavy atom. The van der Waals surface area contributed by atoms with Crippen molar-refractivity contribution in [3.05, 3.63) is 58.4 Å². The van der Waals surface area contributed by atoms with Gasteiger partial charge in [-0.05, 0) is 76.3 Å². The van der Waals surface area contributed by atoms with E-state index in [0.29, 0.717) is 6.04 Å². The lowest BCUT2D eigenvalue weighted by Crippen LogP contribution is -2.30. The van der Waals surface area contributed by atoms with Gasteiger partial charge in [-0.3, -0.25) is 4.79 Å². The molecule has 3 rings (SSSR count). The molecule has 1 amide bonds. The number of para-hydroxylation sites is 1. The maximum Gasteiger partial charge on any atom is 0.331 e. The highest BCUT2D eigenvalue weighted by Crippen LogP contribution is 2.38. The van der Waals surface area contributed by atoms with Crippen LogP contribution < -0.4 is 5.32 Å². The third kappa shape index (κ3) is 4.35. The second-order valence-corrected chi connectivity index (χ2v) is 7.60. The maximum atomic E-state index is 12.4. The Kier molecular flexibility index (Phi) is 5.73. The average Bonchev–Trinajstić information content (AvgIpc) is 3.42. The molecule has 0 unspecified atom stereocenters. The van der Waals surface area contributed by atoms with Gasteiger partial charge in [-0.15, -0.1) is 0 Å². The summed E-state index contributed by atoms with van der Waals surface area (Å²) in [7, 11) is 0. The van der Waals surface area contributed by atoms with Crippen LogP contribution in [0.1, 0.15) is 53.9 Å². The summed E-state index contributed by atoms with van der Waals surface area (Å²) in [4.78, 5) is 24.6. The molecule has 1 fully saturated rings. The minimum atomic E-state index is -0.880. The van der Waals surface area contributed by atoms with Gasteiger partial charge < -0.3 is 14.6 Å². The van der Waals surface area contributed by atoms with Gasteiger partial charge in [-0.1, -0.05) is 18.2 Å². The van der Waals surface area contributed by atoms with Gasteiger partial charge in [-0.25, -0.2) is 4.79 Å². The highest BCUT2D eigenvalue weighted by Gasteiger charge is 2.26. The smallest absolute Gasteiger partial charge is 0.331 e. The number of carbonyl (C=O) groups is 2. The lowest BCUT2D eigenvalue weighted by Gasteiger charge is -2.15. The van der Waals surface area contributed by atoms with Crippen LogP contribution in [0.2, 0.25) is 0 Å². The zero-order chi connectivity index (χ0) is 20.4. The molecule has 1 aromatic carbocycles. The number of anilines is 1. The van der Waals surface area contributed by atoms with E-state index in [2.05, 4.69) is 29.8 Å². The summed E-state index contributed by atoms with van der Waals surface area (Å²) in [6.07, 6.45) is 4.71. The Hall–Kier alpha value is -2.82. The van der Waals surface area contributed by atoms with Crippen molar-refractivity contribution in [1.29, 1.82) is 0 Å². The lowest BCUT2D eigenvalue weighted by molar-refractivity contribution is -0.148. The molecule has 1 aliphatic rings. The Balaban J connectivity index is 1.60. The van der Waals surface area contributed by atoms with Crippen LogP contribution >= 0.6 is 0 Å². The number of nitrogens with one attached hydrogen (secondary N) is 1. The standard InChI is InChI=1S/C23H28N2O3/c1-14-7-6-8-15(2)22(14)24-23(27)18(5)28-21(26)12-9-19-13-16(3)25(17(19)4)20-10-11-20/h6-9,12-13,18,20H,10-11H2,1-5H3,(H,24,27)/b12-9+/t18-/m0/s1. The second kappa shape index (κ2) is 8.05. The molecule has 5 nitrogen and oxygen atoms in total. The molecular weight excluding hydrogens is 352 g/mol. The number of aryl methyl sites for hydroxylation is 3. The summed E-state index contributed by atoms with van der Waals surface area (Å²) < 4.78 is 7.60. The van der Waals surface area contributed by atoms with E-state index in [1.165, 1.54) is 24.6 Å². The number of esters is 1. The summed E-state index contributed by atoms with van der Waals surface area (Å²) in [6, 6.07) is 8.48. The van der Waals surface area contributed by atoms with Crippen LogP contribution in [0.3, 0.4) is 0 Å². The van der Waals surface area contributed by atoms with Gasteiger partial charge in [0.25, 0.3) is 5.91 Å². The van der Waals surface area contributed by atoms with Crippen molar-refractivity contribution >= 4 is 23.6 Å². The number of ether oxygens (including phenoxy) is 1. The quantitative estimate of drug-likeness (QED) is 0.587. The number of hydrogen-bond acceptors (Lipinski definition) is 3. The molecule has 28 heavy (non-hydrogen) atoms. The molecule has 0 bridgehead atoms. The predicted molar refractivity (Wildman–Crippen MR) is 111 cm³/mol. The van der Waals surface area contributed by atoms with Crippen LogP contribution in [0.15, 0.2) is 30.3 Å². The molecule has 1 N–H and O–H groups in total. The number of benzene rings is 1. The zero-order valence-corrected chi connectivity index (χ0v) is 17.2. The van der Waals surface area contributed by atoms with Gasteiger partial charge in [0.15, 0.2) is 6.10 Å². The van der Waals surface area contributed by atoms with E-state index < -0.39 is 12.1 Å². The third-order valence-electron chi connectivity index (χ3n) is 5.23. The van der Waals surface area contributed by atoms with E-state index in [1.807, 2.05) is 32.0 Å². The zero-order valence-electron chi connectivity index (χ0n) is 17.2. The van der Waals surface area contributed by atoms with Crippen LogP contribution in [0.25, 0.3) is 6.08 Å². The molecule has 1 aromatic heterocycles. The fourth-order valence-electron chi connectivity index (χ4n) is 3.53. The van der Waals surface area contributed by atoms with Crippen LogP contribution in [-0.2, 0) is 14.3 Å². The molecule has 0 spiro atoms. The largest absolute Gasteiger partial charge is 0.449 e. The van der Waals surface area contributed by atoms with E-state index in [9.17, 15) is 9.59 Å². The highest BCUT2D eigenvalue weighted by molar-refractivity contribution is 5.97. The van der Waals surface area contributed by atoms with Crippen molar-refractivity contribution in [3.8, 4) is 0 Å².